The molecular weight excluding hydrogens is 382 g/mol. The zero-order valence-corrected chi connectivity index (χ0v) is 15.9. The molecule has 0 unspecified atom stereocenters. The first kappa shape index (κ1) is 19.2. The number of hydrogen-bond acceptors (Lipinski definition) is 8. The summed E-state index contributed by atoms with van der Waals surface area (Å²) in [6.45, 7) is 2.62. The number of aromatic nitrogens is 3. The van der Waals surface area contributed by atoms with E-state index in [0.717, 1.165) is 0 Å². The largest absolute Gasteiger partial charge is 0.496 e. The van der Waals surface area contributed by atoms with Gasteiger partial charge in [-0.15, -0.1) is 0 Å². The van der Waals surface area contributed by atoms with Crippen LogP contribution in [-0.2, 0) is 0 Å². The molecule has 0 bridgehead atoms. The second-order valence-electron chi connectivity index (χ2n) is 5.54. The van der Waals surface area contributed by atoms with E-state index >= 15 is 0 Å². The van der Waals surface area contributed by atoms with Gasteiger partial charge < -0.3 is 20.7 Å². The van der Waals surface area contributed by atoms with Gasteiger partial charge in [0.1, 0.15) is 22.8 Å². The number of methoxy groups -OCH3 is 1. The highest BCUT2D eigenvalue weighted by Gasteiger charge is 2.16. The van der Waals surface area contributed by atoms with Crippen molar-refractivity contribution in [3.63, 3.8) is 0 Å². The van der Waals surface area contributed by atoms with Gasteiger partial charge in [0.2, 0.25) is 0 Å². The van der Waals surface area contributed by atoms with E-state index in [4.69, 9.17) is 17.0 Å². The molecule has 2 aromatic heterocycles. The predicted molar refractivity (Wildman–Crippen MR) is 110 cm³/mol. The predicted octanol–water partition coefficient (Wildman–Crippen LogP) is 2.99. The summed E-state index contributed by atoms with van der Waals surface area (Å²) in [4.78, 5) is 23.9. The van der Waals surface area contributed by atoms with Gasteiger partial charge in [-0.3, -0.25) is 10.1 Å². The Morgan fingerprint density at radius 2 is 2.04 bits per heavy atom. The lowest BCUT2D eigenvalue weighted by molar-refractivity contribution is -0.384. The maximum Gasteiger partial charge on any atom is 0.296 e. The summed E-state index contributed by atoms with van der Waals surface area (Å²) in [6.07, 6.45) is 1.48. The Balaban J connectivity index is 1.89. The van der Waals surface area contributed by atoms with Crippen LogP contribution in [0.5, 0.6) is 5.75 Å². The van der Waals surface area contributed by atoms with Crippen molar-refractivity contribution in [3.8, 4) is 5.75 Å². The first-order valence-electron chi connectivity index (χ1n) is 8.28. The molecule has 0 spiro atoms. The standard InChI is InChI=1S/C17H17N7O3S/c1-3-18-17(28)23-14-7-6-12-16(21-14)22-15(9-19-12)20-11-5-4-10(27-2)8-13(11)24(25)26/h4-9H,3H2,1-2H3,(H3,18,20,21,22,23,28). The highest BCUT2D eigenvalue weighted by molar-refractivity contribution is 7.80. The van der Waals surface area contributed by atoms with Gasteiger partial charge in [-0.25, -0.2) is 15.0 Å². The van der Waals surface area contributed by atoms with Gasteiger partial charge in [-0.1, -0.05) is 0 Å². The lowest BCUT2D eigenvalue weighted by atomic mass is 10.2. The van der Waals surface area contributed by atoms with E-state index in [9.17, 15) is 10.1 Å². The summed E-state index contributed by atoms with van der Waals surface area (Å²) in [6, 6.07) is 7.99. The molecule has 0 aliphatic heterocycles. The fraction of sp³-hybridized carbons (Fsp3) is 0.176. The molecule has 0 amide bonds. The molecule has 11 heteroatoms. The number of thiocarbonyl (C=S) groups is 1. The Hall–Kier alpha value is -3.60. The smallest absolute Gasteiger partial charge is 0.296 e. The minimum Gasteiger partial charge on any atom is -0.496 e. The van der Waals surface area contributed by atoms with E-state index in [1.807, 2.05) is 6.92 Å². The molecule has 3 rings (SSSR count). The van der Waals surface area contributed by atoms with Gasteiger partial charge in [0, 0.05) is 6.54 Å². The number of hydrogen-bond donors (Lipinski definition) is 3. The number of anilines is 3. The first-order chi connectivity index (χ1) is 13.5. The van der Waals surface area contributed by atoms with Gasteiger partial charge in [-0.2, -0.15) is 0 Å². The minimum atomic E-state index is -0.499. The van der Waals surface area contributed by atoms with Crippen molar-refractivity contribution in [1.29, 1.82) is 0 Å². The van der Waals surface area contributed by atoms with Crippen molar-refractivity contribution >= 4 is 51.5 Å². The number of nitro groups is 1. The number of nitrogens with one attached hydrogen (secondary N) is 3. The molecule has 0 saturated heterocycles. The van der Waals surface area contributed by atoms with Crippen LogP contribution in [0.1, 0.15) is 6.92 Å². The lowest BCUT2D eigenvalue weighted by Gasteiger charge is -2.10. The van der Waals surface area contributed by atoms with Crippen LogP contribution in [0.3, 0.4) is 0 Å². The van der Waals surface area contributed by atoms with E-state index in [1.165, 1.54) is 19.4 Å². The molecular formula is C17H17N7O3S. The third-order valence-electron chi connectivity index (χ3n) is 3.65. The minimum absolute atomic E-state index is 0.138. The van der Waals surface area contributed by atoms with Crippen LogP contribution in [0.4, 0.5) is 23.0 Å². The quantitative estimate of drug-likeness (QED) is 0.323. The maximum absolute atomic E-state index is 11.3. The number of nitrogens with zero attached hydrogens (tertiary/aromatic N) is 4. The second-order valence-corrected chi connectivity index (χ2v) is 5.95. The van der Waals surface area contributed by atoms with Crippen molar-refractivity contribution < 1.29 is 9.66 Å². The maximum atomic E-state index is 11.3. The van der Waals surface area contributed by atoms with Gasteiger partial charge in [0.15, 0.2) is 16.6 Å². The van der Waals surface area contributed by atoms with Crippen LogP contribution < -0.4 is 20.7 Å². The number of ether oxygens (including phenoxy) is 1. The zero-order valence-electron chi connectivity index (χ0n) is 15.1. The zero-order chi connectivity index (χ0) is 20.1. The monoisotopic (exact) mass is 399 g/mol. The number of nitro benzene ring substituents is 1. The Kier molecular flexibility index (Phi) is 5.75. The summed E-state index contributed by atoms with van der Waals surface area (Å²) >= 11 is 5.14. The van der Waals surface area contributed by atoms with Crippen molar-refractivity contribution in [2.75, 3.05) is 24.3 Å². The van der Waals surface area contributed by atoms with E-state index in [-0.39, 0.29) is 11.4 Å². The molecule has 1 aromatic carbocycles. The van der Waals surface area contributed by atoms with Gasteiger partial charge >= 0.3 is 0 Å². The first-order valence-corrected chi connectivity index (χ1v) is 8.69. The van der Waals surface area contributed by atoms with Crippen molar-refractivity contribution in [2.24, 2.45) is 0 Å². The van der Waals surface area contributed by atoms with E-state index < -0.39 is 4.92 Å². The van der Waals surface area contributed by atoms with E-state index in [2.05, 4.69) is 30.9 Å². The van der Waals surface area contributed by atoms with Gasteiger partial charge in [0.25, 0.3) is 5.69 Å². The van der Waals surface area contributed by atoms with Crippen LogP contribution in [0.15, 0.2) is 36.5 Å². The molecule has 2 heterocycles. The van der Waals surface area contributed by atoms with Crippen LogP contribution in [0.25, 0.3) is 11.2 Å². The molecule has 3 aromatic rings. The molecule has 10 nitrogen and oxygen atoms in total. The molecule has 28 heavy (non-hydrogen) atoms. The average Bonchev–Trinajstić information content (AvgIpc) is 2.68. The number of pyridine rings is 1. The molecule has 0 aliphatic carbocycles. The summed E-state index contributed by atoms with van der Waals surface area (Å²) in [7, 11) is 1.44. The molecule has 0 atom stereocenters. The lowest BCUT2D eigenvalue weighted by Crippen LogP contribution is -2.28. The Morgan fingerprint density at radius 1 is 1.25 bits per heavy atom. The SMILES string of the molecule is CCNC(=S)Nc1ccc2ncc(Nc3ccc(OC)cc3[N+](=O)[O-])nc2n1. The highest BCUT2D eigenvalue weighted by atomic mass is 32.1. The molecule has 0 saturated carbocycles. The van der Waals surface area contributed by atoms with Crippen molar-refractivity contribution in [3.05, 3.63) is 46.6 Å². The third-order valence-corrected chi connectivity index (χ3v) is 3.90. The van der Waals surface area contributed by atoms with E-state index in [1.54, 1.807) is 24.3 Å². The van der Waals surface area contributed by atoms with Crippen LogP contribution in [0.2, 0.25) is 0 Å². The molecule has 0 fully saturated rings. The van der Waals surface area contributed by atoms with Crippen molar-refractivity contribution in [1.82, 2.24) is 20.3 Å². The van der Waals surface area contributed by atoms with Gasteiger partial charge in [-0.05, 0) is 43.4 Å². The Labute approximate surface area is 165 Å². The topological polar surface area (TPSA) is 127 Å². The Bertz CT molecular complexity index is 1040. The normalized spacial score (nSPS) is 10.4. The molecule has 144 valence electrons. The van der Waals surface area contributed by atoms with Crippen LogP contribution in [0, 0.1) is 10.1 Å². The molecule has 0 radical (unpaired) electrons. The summed E-state index contributed by atoms with van der Waals surface area (Å²) in [5.74, 6) is 1.22. The highest BCUT2D eigenvalue weighted by Crippen LogP contribution is 2.31. The molecule has 0 aliphatic rings. The second kappa shape index (κ2) is 8.39. The fourth-order valence-corrected chi connectivity index (χ4v) is 2.63. The molecule has 3 N–H and O–H groups in total. The summed E-state index contributed by atoms with van der Waals surface area (Å²) in [5.41, 5.74) is 1.07. The van der Waals surface area contributed by atoms with Crippen molar-refractivity contribution in [2.45, 2.75) is 6.92 Å². The third kappa shape index (κ3) is 4.38. The Morgan fingerprint density at radius 3 is 2.75 bits per heavy atom. The van der Waals surface area contributed by atoms with Crippen LogP contribution >= 0.6 is 12.2 Å². The fourth-order valence-electron chi connectivity index (χ4n) is 2.38. The summed E-state index contributed by atoms with van der Waals surface area (Å²) in [5, 5.41) is 20.6. The average molecular weight is 399 g/mol. The number of rotatable bonds is 6. The van der Waals surface area contributed by atoms with Gasteiger partial charge in [0.05, 0.1) is 24.3 Å². The summed E-state index contributed by atoms with van der Waals surface area (Å²) < 4.78 is 5.04. The number of benzene rings is 1. The number of fused-ring (bicyclic) bond motifs is 1. The van der Waals surface area contributed by atoms with Crippen LogP contribution in [-0.4, -0.2) is 38.6 Å². The van der Waals surface area contributed by atoms with E-state index in [0.29, 0.717) is 40.2 Å².